The zero-order valence-corrected chi connectivity index (χ0v) is 6.95. The van der Waals surface area contributed by atoms with Crippen molar-refractivity contribution in [3.63, 3.8) is 0 Å². The smallest absolute Gasteiger partial charge is 0.231 e. The second kappa shape index (κ2) is 3.53. The first-order valence-electron chi connectivity index (χ1n) is 3.96. The van der Waals surface area contributed by atoms with Gasteiger partial charge in [-0.1, -0.05) is 0 Å². The molecule has 0 bridgehead atoms. The molecule has 13 heavy (non-hydrogen) atoms. The van der Waals surface area contributed by atoms with Crippen LogP contribution in [0.25, 0.3) is 0 Å². The molecule has 1 aliphatic heterocycles. The Labute approximate surface area is 75.7 Å². The molecule has 1 radical (unpaired) electrons. The van der Waals surface area contributed by atoms with Crippen LogP contribution in [0.2, 0.25) is 0 Å². The molecule has 1 heterocycles. The Morgan fingerprint density at radius 2 is 2.38 bits per heavy atom. The maximum absolute atomic E-state index is 8.53. The minimum atomic E-state index is -0.0116. The highest BCUT2D eigenvalue weighted by Gasteiger charge is 2.13. The lowest BCUT2D eigenvalue weighted by molar-refractivity contribution is 0.173. The lowest BCUT2D eigenvalue weighted by Crippen LogP contribution is -2.01. The first-order valence-corrected chi connectivity index (χ1v) is 3.96. The van der Waals surface area contributed by atoms with Crippen LogP contribution in [0.5, 0.6) is 17.2 Å². The molecule has 4 nitrogen and oxygen atoms in total. The topological polar surface area (TPSA) is 47.9 Å². The summed E-state index contributed by atoms with van der Waals surface area (Å²) in [6.45, 7) is 0.480. The summed E-state index contributed by atoms with van der Waals surface area (Å²) in [6.07, 6.45) is 0. The average Bonchev–Trinajstić information content (AvgIpc) is 2.61. The summed E-state index contributed by atoms with van der Waals surface area (Å²) in [5, 5.41) is 8.53. The van der Waals surface area contributed by atoms with Crippen LogP contribution in [0.15, 0.2) is 12.1 Å². The molecule has 2 rings (SSSR count). The second-order valence-corrected chi connectivity index (χ2v) is 2.49. The highest BCUT2D eigenvalue weighted by Crippen LogP contribution is 2.34. The molecular weight excluding hydrogens is 172 g/mol. The van der Waals surface area contributed by atoms with Crippen LogP contribution >= 0.6 is 0 Å². The van der Waals surface area contributed by atoms with Gasteiger partial charge in [-0.15, -0.1) is 0 Å². The predicted octanol–water partition coefficient (Wildman–Crippen LogP) is 0.587. The van der Waals surface area contributed by atoms with Crippen molar-refractivity contribution in [1.29, 1.82) is 0 Å². The van der Waals surface area contributed by atoms with Crippen molar-refractivity contribution in [3.8, 4) is 17.2 Å². The molecule has 1 aromatic rings. The van der Waals surface area contributed by atoms with Gasteiger partial charge < -0.3 is 19.3 Å². The number of hydrogen-bond donors (Lipinski definition) is 1. The molecule has 0 fully saturated rings. The van der Waals surface area contributed by atoms with Crippen LogP contribution in [0.1, 0.15) is 0 Å². The number of aliphatic hydroxyl groups excluding tert-OH is 1. The van der Waals surface area contributed by atoms with Gasteiger partial charge in [0.05, 0.1) is 12.7 Å². The first kappa shape index (κ1) is 8.19. The molecule has 0 spiro atoms. The highest BCUT2D eigenvalue weighted by atomic mass is 16.7. The molecule has 1 N–H and O–H groups in total. The third-order valence-electron chi connectivity index (χ3n) is 1.61. The molecule has 0 amide bonds. The number of benzene rings is 1. The fourth-order valence-electron chi connectivity index (χ4n) is 1.05. The molecule has 0 unspecified atom stereocenters. The SMILES string of the molecule is OCCOc1[c]c2c(cc1)OCO2. The number of rotatable bonds is 3. The summed E-state index contributed by atoms with van der Waals surface area (Å²) in [5.41, 5.74) is 0. The lowest BCUT2D eigenvalue weighted by Gasteiger charge is -2.03. The monoisotopic (exact) mass is 181 g/mol. The number of hydrogen-bond acceptors (Lipinski definition) is 4. The summed E-state index contributed by atoms with van der Waals surface area (Å²) in [7, 11) is 0. The quantitative estimate of drug-likeness (QED) is 0.741. The third-order valence-corrected chi connectivity index (χ3v) is 1.61. The maximum atomic E-state index is 8.53. The predicted molar refractivity (Wildman–Crippen MR) is 44.0 cm³/mol. The van der Waals surface area contributed by atoms with Crippen molar-refractivity contribution in [2.45, 2.75) is 0 Å². The van der Waals surface area contributed by atoms with Gasteiger partial charge in [-0.05, 0) is 12.1 Å². The van der Waals surface area contributed by atoms with E-state index < -0.39 is 0 Å². The molecule has 0 aromatic heterocycles. The van der Waals surface area contributed by atoms with Gasteiger partial charge in [0.15, 0.2) is 11.5 Å². The van der Waals surface area contributed by atoms with Crippen LogP contribution in [-0.4, -0.2) is 25.1 Å². The van der Waals surface area contributed by atoms with Crippen LogP contribution in [-0.2, 0) is 0 Å². The van der Waals surface area contributed by atoms with Crippen molar-refractivity contribution >= 4 is 0 Å². The van der Waals surface area contributed by atoms with E-state index in [1.165, 1.54) is 0 Å². The molecule has 0 aliphatic carbocycles. The van der Waals surface area contributed by atoms with Crippen LogP contribution < -0.4 is 14.2 Å². The van der Waals surface area contributed by atoms with E-state index in [0.717, 1.165) is 0 Å². The molecule has 0 atom stereocenters. The largest absolute Gasteiger partial charge is 0.490 e. The zero-order valence-electron chi connectivity index (χ0n) is 6.95. The Balaban J connectivity index is 2.12. The second-order valence-electron chi connectivity index (χ2n) is 2.49. The van der Waals surface area contributed by atoms with Crippen LogP contribution in [0.3, 0.4) is 0 Å². The molecule has 1 aliphatic rings. The molecular formula is C9H9O4. The zero-order chi connectivity index (χ0) is 9.10. The van der Waals surface area contributed by atoms with Crippen molar-refractivity contribution in [2.75, 3.05) is 20.0 Å². The lowest BCUT2D eigenvalue weighted by atomic mass is 10.3. The Bertz CT molecular complexity index is 298. The Kier molecular flexibility index (Phi) is 2.23. The Morgan fingerprint density at radius 3 is 3.23 bits per heavy atom. The normalized spacial score (nSPS) is 13.0. The fraction of sp³-hybridized carbons (Fsp3) is 0.333. The first-order chi connectivity index (χ1) is 6.40. The van der Waals surface area contributed by atoms with E-state index >= 15 is 0 Å². The van der Waals surface area contributed by atoms with Crippen molar-refractivity contribution in [3.05, 3.63) is 18.2 Å². The molecule has 0 saturated carbocycles. The van der Waals surface area contributed by atoms with Crippen molar-refractivity contribution in [2.24, 2.45) is 0 Å². The van der Waals surface area contributed by atoms with E-state index in [4.69, 9.17) is 19.3 Å². The van der Waals surface area contributed by atoms with Crippen molar-refractivity contribution in [1.82, 2.24) is 0 Å². The summed E-state index contributed by atoms with van der Waals surface area (Å²) in [4.78, 5) is 0. The Morgan fingerprint density at radius 1 is 1.46 bits per heavy atom. The van der Waals surface area contributed by atoms with Gasteiger partial charge >= 0.3 is 0 Å². The minimum Gasteiger partial charge on any atom is -0.490 e. The molecule has 4 heteroatoms. The van der Waals surface area contributed by atoms with Gasteiger partial charge in [-0.25, -0.2) is 0 Å². The highest BCUT2D eigenvalue weighted by molar-refractivity contribution is 5.45. The van der Waals surface area contributed by atoms with E-state index in [0.29, 0.717) is 17.2 Å². The van der Waals surface area contributed by atoms with E-state index in [1.54, 1.807) is 12.1 Å². The van der Waals surface area contributed by atoms with Crippen LogP contribution in [0, 0.1) is 6.07 Å². The Hall–Kier alpha value is -1.42. The number of aliphatic hydroxyl groups is 1. The van der Waals surface area contributed by atoms with Gasteiger partial charge in [0.25, 0.3) is 0 Å². The average molecular weight is 181 g/mol. The molecule has 0 saturated heterocycles. The fourth-order valence-corrected chi connectivity index (χ4v) is 1.05. The summed E-state index contributed by atoms with van der Waals surface area (Å²) in [6, 6.07) is 6.36. The third kappa shape index (κ3) is 1.67. The summed E-state index contributed by atoms with van der Waals surface area (Å²) in [5.74, 6) is 1.80. The number of fused-ring (bicyclic) bond motifs is 1. The van der Waals surface area contributed by atoms with E-state index in [1.807, 2.05) is 0 Å². The minimum absolute atomic E-state index is 0.0116. The van der Waals surface area contributed by atoms with E-state index in [2.05, 4.69) is 6.07 Å². The van der Waals surface area contributed by atoms with Crippen molar-refractivity contribution < 1.29 is 19.3 Å². The van der Waals surface area contributed by atoms with Crippen LogP contribution in [0.4, 0.5) is 0 Å². The van der Waals surface area contributed by atoms with Gasteiger partial charge in [0.1, 0.15) is 12.4 Å². The van der Waals surface area contributed by atoms with Gasteiger partial charge in [0, 0.05) is 0 Å². The summed E-state index contributed by atoms with van der Waals surface area (Å²) >= 11 is 0. The van der Waals surface area contributed by atoms with Gasteiger partial charge in [0.2, 0.25) is 6.79 Å². The molecule has 1 aromatic carbocycles. The summed E-state index contributed by atoms with van der Waals surface area (Å²) < 4.78 is 15.3. The number of ether oxygens (including phenoxy) is 3. The molecule has 69 valence electrons. The van der Waals surface area contributed by atoms with E-state index in [9.17, 15) is 0 Å². The van der Waals surface area contributed by atoms with Gasteiger partial charge in [-0.2, -0.15) is 0 Å². The standard InChI is InChI=1S/C9H9O4/c10-3-4-11-7-1-2-8-9(5-7)13-6-12-8/h1-2,10H,3-4,6H2. The van der Waals surface area contributed by atoms with E-state index in [-0.39, 0.29) is 20.0 Å². The maximum Gasteiger partial charge on any atom is 0.231 e. The van der Waals surface area contributed by atoms with Gasteiger partial charge in [-0.3, -0.25) is 0 Å².